The predicted molar refractivity (Wildman–Crippen MR) is 53.8 cm³/mol. The van der Waals surface area contributed by atoms with E-state index in [-0.39, 0.29) is 17.2 Å². The summed E-state index contributed by atoms with van der Waals surface area (Å²) >= 11 is 0. The van der Waals surface area contributed by atoms with Gasteiger partial charge in [-0.2, -0.15) is 0 Å². The van der Waals surface area contributed by atoms with Crippen LogP contribution in [0.5, 0.6) is 5.75 Å². The minimum absolute atomic E-state index is 0.0688. The molecular formula is C11H14O3. The van der Waals surface area contributed by atoms with Gasteiger partial charge in [-0.3, -0.25) is 0 Å². The van der Waals surface area contributed by atoms with Gasteiger partial charge in [-0.25, -0.2) is 4.79 Å². The molecule has 1 aromatic carbocycles. The van der Waals surface area contributed by atoms with E-state index < -0.39 is 5.97 Å². The van der Waals surface area contributed by atoms with Gasteiger partial charge in [-0.15, -0.1) is 0 Å². The number of rotatable bonds is 3. The highest BCUT2D eigenvalue weighted by molar-refractivity contribution is 5.88. The molecule has 76 valence electrons. The normalized spacial score (nSPS) is 12.4. The number of aromatic hydroxyl groups is 1. The van der Waals surface area contributed by atoms with Crippen molar-refractivity contribution in [1.29, 1.82) is 0 Å². The predicted octanol–water partition coefficient (Wildman–Crippen LogP) is 2.60. The van der Waals surface area contributed by atoms with Crippen LogP contribution in [-0.4, -0.2) is 16.2 Å². The van der Waals surface area contributed by atoms with Crippen LogP contribution >= 0.6 is 0 Å². The molecule has 0 fully saturated rings. The molecule has 14 heavy (non-hydrogen) atoms. The summed E-state index contributed by atoms with van der Waals surface area (Å²) in [6, 6.07) is 4.49. The van der Waals surface area contributed by atoms with Crippen molar-refractivity contribution in [1.82, 2.24) is 0 Å². The number of carboxylic acids is 1. The van der Waals surface area contributed by atoms with Crippen LogP contribution in [0.3, 0.4) is 0 Å². The van der Waals surface area contributed by atoms with Crippen LogP contribution in [0, 0.1) is 0 Å². The highest BCUT2D eigenvalue weighted by Gasteiger charge is 2.11. The maximum atomic E-state index is 10.6. The minimum Gasteiger partial charge on any atom is -0.508 e. The van der Waals surface area contributed by atoms with Gasteiger partial charge in [0.1, 0.15) is 5.75 Å². The lowest BCUT2D eigenvalue weighted by molar-refractivity contribution is 0.0696. The van der Waals surface area contributed by atoms with Crippen LogP contribution in [0.1, 0.15) is 42.1 Å². The quantitative estimate of drug-likeness (QED) is 0.777. The lowest BCUT2D eigenvalue weighted by Crippen LogP contribution is -1.98. The van der Waals surface area contributed by atoms with Gasteiger partial charge in [-0.1, -0.05) is 19.9 Å². The molecule has 1 unspecified atom stereocenters. The molecule has 0 radical (unpaired) electrons. The summed E-state index contributed by atoms with van der Waals surface area (Å²) < 4.78 is 0. The average Bonchev–Trinajstić information content (AvgIpc) is 2.16. The van der Waals surface area contributed by atoms with Gasteiger partial charge in [-0.05, 0) is 30.0 Å². The molecule has 1 atom stereocenters. The third-order valence-corrected chi connectivity index (χ3v) is 2.42. The third kappa shape index (κ3) is 2.05. The maximum Gasteiger partial charge on any atom is 0.335 e. The molecule has 0 bridgehead atoms. The third-order valence-electron chi connectivity index (χ3n) is 2.42. The van der Waals surface area contributed by atoms with Gasteiger partial charge in [0.25, 0.3) is 0 Å². The minimum atomic E-state index is -1.02. The fourth-order valence-electron chi connectivity index (χ4n) is 1.31. The second kappa shape index (κ2) is 4.13. The monoisotopic (exact) mass is 194 g/mol. The standard InChI is InChI=1S/C11H14O3/c1-3-7(2)9-5-4-8(11(13)14)6-10(9)12/h4-7,12H,3H2,1-2H3,(H,13,14). The second-order valence-corrected chi connectivity index (χ2v) is 3.39. The smallest absolute Gasteiger partial charge is 0.335 e. The molecule has 0 spiro atoms. The summed E-state index contributed by atoms with van der Waals surface area (Å²) in [6.45, 7) is 4.02. The van der Waals surface area contributed by atoms with Gasteiger partial charge < -0.3 is 10.2 Å². The van der Waals surface area contributed by atoms with Crippen molar-refractivity contribution in [2.24, 2.45) is 0 Å². The molecule has 2 N–H and O–H groups in total. The zero-order valence-electron chi connectivity index (χ0n) is 8.32. The number of carbonyl (C=O) groups is 1. The van der Waals surface area contributed by atoms with Crippen LogP contribution in [0.4, 0.5) is 0 Å². The Labute approximate surface area is 83.0 Å². The molecule has 3 nitrogen and oxygen atoms in total. The first-order valence-electron chi connectivity index (χ1n) is 4.62. The molecular weight excluding hydrogens is 180 g/mol. The van der Waals surface area contributed by atoms with Gasteiger partial charge in [0, 0.05) is 0 Å². The van der Waals surface area contributed by atoms with Crippen molar-refractivity contribution < 1.29 is 15.0 Å². The van der Waals surface area contributed by atoms with E-state index in [0.29, 0.717) is 0 Å². The van der Waals surface area contributed by atoms with Crippen molar-refractivity contribution >= 4 is 5.97 Å². The Morgan fingerprint density at radius 3 is 2.57 bits per heavy atom. The van der Waals surface area contributed by atoms with E-state index >= 15 is 0 Å². The van der Waals surface area contributed by atoms with Crippen molar-refractivity contribution in [2.75, 3.05) is 0 Å². The Hall–Kier alpha value is -1.51. The molecule has 0 amide bonds. The molecule has 0 aliphatic carbocycles. The zero-order valence-corrected chi connectivity index (χ0v) is 8.32. The molecule has 1 rings (SSSR count). The van der Waals surface area contributed by atoms with Crippen molar-refractivity contribution in [3.63, 3.8) is 0 Å². The largest absolute Gasteiger partial charge is 0.508 e. The molecule has 0 saturated heterocycles. The van der Waals surface area contributed by atoms with Crippen molar-refractivity contribution in [3.8, 4) is 5.75 Å². The first kappa shape index (κ1) is 10.6. The molecule has 0 aliphatic heterocycles. The number of phenolic OH excluding ortho intramolecular Hbond substituents is 1. The number of carboxylic acid groups (broad SMARTS) is 1. The Balaban J connectivity index is 3.07. The summed E-state index contributed by atoms with van der Waals surface area (Å²) in [5.41, 5.74) is 0.923. The lowest BCUT2D eigenvalue weighted by atomic mass is 9.96. The summed E-state index contributed by atoms with van der Waals surface area (Å²) in [5, 5.41) is 18.3. The van der Waals surface area contributed by atoms with Crippen molar-refractivity contribution in [3.05, 3.63) is 29.3 Å². The first-order chi connectivity index (χ1) is 6.56. The lowest BCUT2D eigenvalue weighted by Gasteiger charge is -2.11. The van der Waals surface area contributed by atoms with E-state index in [1.165, 1.54) is 12.1 Å². The Bertz CT molecular complexity index is 344. The summed E-state index contributed by atoms with van der Waals surface area (Å²) in [4.78, 5) is 10.6. The van der Waals surface area contributed by atoms with Gasteiger partial charge in [0.15, 0.2) is 0 Å². The Morgan fingerprint density at radius 1 is 1.50 bits per heavy atom. The van der Waals surface area contributed by atoms with Gasteiger partial charge in [0.2, 0.25) is 0 Å². The summed E-state index contributed by atoms with van der Waals surface area (Å²) in [5.74, 6) is -0.701. The number of aromatic carboxylic acids is 1. The molecule has 0 saturated carbocycles. The SMILES string of the molecule is CCC(C)c1ccc(C(=O)O)cc1O. The molecule has 1 aromatic rings. The number of phenols is 1. The number of hydrogen-bond donors (Lipinski definition) is 2. The maximum absolute atomic E-state index is 10.6. The average molecular weight is 194 g/mol. The fourth-order valence-corrected chi connectivity index (χ4v) is 1.31. The number of benzene rings is 1. The summed E-state index contributed by atoms with van der Waals surface area (Å²) in [6.07, 6.45) is 0.917. The zero-order chi connectivity index (χ0) is 10.7. The van der Waals surface area contributed by atoms with Crippen LogP contribution in [0.15, 0.2) is 18.2 Å². The molecule has 0 aliphatic rings. The Morgan fingerprint density at radius 2 is 2.14 bits per heavy atom. The van der Waals surface area contributed by atoms with E-state index in [1.807, 2.05) is 13.8 Å². The van der Waals surface area contributed by atoms with E-state index in [0.717, 1.165) is 12.0 Å². The van der Waals surface area contributed by atoms with Gasteiger partial charge >= 0.3 is 5.97 Å². The van der Waals surface area contributed by atoms with Crippen LogP contribution < -0.4 is 0 Å². The topological polar surface area (TPSA) is 57.5 Å². The number of hydrogen-bond acceptors (Lipinski definition) is 2. The van der Waals surface area contributed by atoms with Crippen LogP contribution in [0.25, 0.3) is 0 Å². The van der Waals surface area contributed by atoms with E-state index in [1.54, 1.807) is 6.07 Å². The van der Waals surface area contributed by atoms with E-state index in [9.17, 15) is 9.90 Å². The van der Waals surface area contributed by atoms with E-state index in [2.05, 4.69) is 0 Å². The molecule has 0 aromatic heterocycles. The highest BCUT2D eigenvalue weighted by Crippen LogP contribution is 2.28. The van der Waals surface area contributed by atoms with Crippen molar-refractivity contribution in [2.45, 2.75) is 26.2 Å². The fraction of sp³-hybridized carbons (Fsp3) is 0.364. The van der Waals surface area contributed by atoms with E-state index in [4.69, 9.17) is 5.11 Å². The first-order valence-corrected chi connectivity index (χ1v) is 4.62. The van der Waals surface area contributed by atoms with Crippen LogP contribution in [0.2, 0.25) is 0 Å². The second-order valence-electron chi connectivity index (χ2n) is 3.39. The molecule has 0 heterocycles. The highest BCUT2D eigenvalue weighted by atomic mass is 16.4. The Kier molecular flexibility index (Phi) is 3.12. The molecule has 3 heteroatoms. The van der Waals surface area contributed by atoms with Gasteiger partial charge in [0.05, 0.1) is 5.56 Å². The summed E-state index contributed by atoms with van der Waals surface area (Å²) in [7, 11) is 0. The van der Waals surface area contributed by atoms with Crippen LogP contribution in [-0.2, 0) is 0 Å².